The van der Waals surface area contributed by atoms with E-state index in [9.17, 15) is 4.21 Å². The van der Waals surface area contributed by atoms with Crippen LogP contribution in [0, 0.1) is 5.92 Å². The molecule has 3 rings (SSSR count). The Hall–Kier alpha value is -0.230. The van der Waals surface area contributed by atoms with Crippen molar-refractivity contribution in [2.75, 3.05) is 26.2 Å². The fourth-order valence-corrected chi connectivity index (χ4v) is 4.94. The Kier molecular flexibility index (Phi) is 5.71. The highest BCUT2D eigenvalue weighted by Crippen LogP contribution is 2.25. The van der Waals surface area contributed by atoms with Crippen molar-refractivity contribution in [2.45, 2.75) is 43.5 Å². The lowest BCUT2D eigenvalue weighted by Gasteiger charge is -2.40. The van der Waals surface area contributed by atoms with Gasteiger partial charge >= 0.3 is 0 Å². The molecule has 0 amide bonds. The van der Waals surface area contributed by atoms with E-state index in [4.69, 9.17) is 0 Å². The number of likely N-dealkylation sites (tertiary alicyclic amines) is 1. The van der Waals surface area contributed by atoms with Crippen molar-refractivity contribution in [3.05, 3.63) is 28.7 Å². The first-order chi connectivity index (χ1) is 10.6. The van der Waals surface area contributed by atoms with Crippen LogP contribution in [0.15, 0.2) is 33.6 Å². The van der Waals surface area contributed by atoms with Gasteiger partial charge in [-0.2, -0.15) is 0 Å². The molecule has 2 aliphatic heterocycles. The molecule has 2 fully saturated rings. The zero-order valence-corrected chi connectivity index (χ0v) is 15.6. The Morgan fingerprint density at radius 3 is 2.18 bits per heavy atom. The van der Waals surface area contributed by atoms with Crippen molar-refractivity contribution in [1.29, 1.82) is 0 Å². The summed E-state index contributed by atoms with van der Waals surface area (Å²) in [5, 5.41) is 0. The minimum atomic E-state index is -1.01. The molecule has 0 N–H and O–H groups in total. The second kappa shape index (κ2) is 7.56. The maximum atomic E-state index is 12.6. The molecule has 3 nitrogen and oxygen atoms in total. The lowest BCUT2D eigenvalue weighted by Crippen LogP contribution is -2.47. The van der Waals surface area contributed by atoms with E-state index >= 15 is 0 Å². The molecule has 0 aliphatic carbocycles. The normalized spacial score (nSPS) is 24.5. The van der Waals surface area contributed by atoms with Crippen molar-refractivity contribution >= 4 is 26.9 Å². The van der Waals surface area contributed by atoms with Crippen LogP contribution < -0.4 is 0 Å². The monoisotopic (exact) mass is 384 g/mol. The van der Waals surface area contributed by atoms with Gasteiger partial charge in [0.15, 0.2) is 0 Å². The van der Waals surface area contributed by atoms with Gasteiger partial charge < -0.3 is 4.90 Å². The molecule has 22 heavy (non-hydrogen) atoms. The molecule has 2 heterocycles. The summed E-state index contributed by atoms with van der Waals surface area (Å²) in [6.07, 6.45) is 4.98. The van der Waals surface area contributed by atoms with E-state index in [1.165, 1.54) is 25.9 Å². The lowest BCUT2D eigenvalue weighted by molar-refractivity contribution is 0.102. The van der Waals surface area contributed by atoms with E-state index in [-0.39, 0.29) is 0 Å². The maximum Gasteiger partial charge on any atom is 0.127 e. The molecule has 0 bridgehead atoms. The van der Waals surface area contributed by atoms with E-state index in [2.05, 4.69) is 32.1 Å². The van der Waals surface area contributed by atoms with Crippen molar-refractivity contribution in [2.24, 2.45) is 5.92 Å². The fourth-order valence-electron chi connectivity index (χ4n) is 3.47. The van der Waals surface area contributed by atoms with Crippen LogP contribution in [0.5, 0.6) is 0 Å². The first-order valence-corrected chi connectivity index (χ1v) is 10.2. The van der Waals surface area contributed by atoms with E-state index in [1.807, 2.05) is 24.3 Å². The molecule has 0 aromatic heterocycles. The Morgan fingerprint density at radius 1 is 1.00 bits per heavy atom. The number of rotatable bonds is 3. The number of nitrogens with zero attached hydrogens (tertiary/aromatic N) is 2. The number of benzene rings is 1. The van der Waals surface area contributed by atoms with E-state index in [0.29, 0.717) is 6.04 Å². The molecule has 1 unspecified atom stereocenters. The van der Waals surface area contributed by atoms with Gasteiger partial charge in [0.05, 0.1) is 4.90 Å². The van der Waals surface area contributed by atoms with E-state index < -0.39 is 11.0 Å². The summed E-state index contributed by atoms with van der Waals surface area (Å²) in [6, 6.07) is 8.55. The summed E-state index contributed by atoms with van der Waals surface area (Å²) < 4.78 is 15.8. The fraction of sp³-hybridized carbons (Fsp3) is 0.647. The van der Waals surface area contributed by atoms with Gasteiger partial charge in [-0.05, 0) is 69.0 Å². The molecule has 0 radical (unpaired) electrons. The Bertz CT molecular complexity index is 506. The van der Waals surface area contributed by atoms with Gasteiger partial charge in [0.1, 0.15) is 11.0 Å². The second-order valence-electron chi connectivity index (χ2n) is 6.58. The molecule has 0 saturated carbocycles. The third-order valence-electron chi connectivity index (χ3n) is 5.01. The largest absolute Gasteiger partial charge is 0.300 e. The predicted molar refractivity (Wildman–Crippen MR) is 95.1 cm³/mol. The summed E-state index contributed by atoms with van der Waals surface area (Å²) in [7, 11) is -1.01. The van der Waals surface area contributed by atoms with Gasteiger partial charge in [-0.1, -0.05) is 22.9 Å². The molecule has 1 aromatic rings. The molecule has 2 saturated heterocycles. The van der Waals surface area contributed by atoms with Gasteiger partial charge in [0, 0.05) is 23.6 Å². The van der Waals surface area contributed by atoms with E-state index in [0.717, 1.165) is 41.2 Å². The minimum absolute atomic E-state index is 0.700. The van der Waals surface area contributed by atoms with Crippen LogP contribution in [0.3, 0.4) is 0 Å². The minimum Gasteiger partial charge on any atom is -0.300 e. The quantitative estimate of drug-likeness (QED) is 0.793. The first-order valence-electron chi connectivity index (χ1n) is 8.30. The van der Waals surface area contributed by atoms with Crippen LogP contribution >= 0.6 is 15.9 Å². The lowest BCUT2D eigenvalue weighted by atomic mass is 9.95. The number of hydrogen-bond donors (Lipinski definition) is 0. The van der Waals surface area contributed by atoms with Crippen molar-refractivity contribution in [1.82, 2.24) is 9.21 Å². The molecule has 1 atom stereocenters. The van der Waals surface area contributed by atoms with Crippen molar-refractivity contribution in [3.8, 4) is 0 Å². The topological polar surface area (TPSA) is 23.6 Å². The molecule has 122 valence electrons. The maximum absolute atomic E-state index is 12.6. The molecule has 0 spiro atoms. The van der Waals surface area contributed by atoms with E-state index in [1.54, 1.807) is 0 Å². The standard InChI is InChI=1S/C17H25BrN2OS/c1-14-6-10-19(11-7-14)16-8-12-20(13-9-16)22(21)17-4-2-15(18)3-5-17/h2-5,14,16H,6-13H2,1H3. The highest BCUT2D eigenvalue weighted by molar-refractivity contribution is 9.10. The summed E-state index contributed by atoms with van der Waals surface area (Å²) in [4.78, 5) is 3.58. The van der Waals surface area contributed by atoms with Gasteiger partial charge in [-0.15, -0.1) is 0 Å². The summed E-state index contributed by atoms with van der Waals surface area (Å²) in [6.45, 7) is 6.75. The third kappa shape index (κ3) is 3.99. The third-order valence-corrected chi connectivity index (χ3v) is 7.05. The zero-order valence-electron chi connectivity index (χ0n) is 13.2. The van der Waals surface area contributed by atoms with Crippen LogP contribution in [0.25, 0.3) is 0 Å². The van der Waals surface area contributed by atoms with Gasteiger partial charge in [-0.3, -0.25) is 0 Å². The van der Waals surface area contributed by atoms with Crippen LogP contribution in [-0.2, 0) is 11.0 Å². The SMILES string of the molecule is CC1CCN(C2CCN(S(=O)c3ccc(Br)cc3)CC2)CC1. The second-order valence-corrected chi connectivity index (χ2v) is 8.98. The van der Waals surface area contributed by atoms with Crippen LogP contribution in [0.4, 0.5) is 0 Å². The van der Waals surface area contributed by atoms with Crippen LogP contribution in [0.1, 0.15) is 32.6 Å². The molecule has 2 aliphatic rings. The predicted octanol–water partition coefficient (Wildman–Crippen LogP) is 3.67. The zero-order chi connectivity index (χ0) is 15.5. The molecule has 5 heteroatoms. The number of hydrogen-bond acceptors (Lipinski definition) is 2. The average Bonchev–Trinajstić information content (AvgIpc) is 2.56. The van der Waals surface area contributed by atoms with Gasteiger partial charge in [0.2, 0.25) is 0 Å². The smallest absolute Gasteiger partial charge is 0.127 e. The van der Waals surface area contributed by atoms with Crippen molar-refractivity contribution in [3.63, 3.8) is 0 Å². The highest BCUT2D eigenvalue weighted by Gasteiger charge is 2.29. The number of piperidine rings is 2. The van der Waals surface area contributed by atoms with Gasteiger partial charge in [0.25, 0.3) is 0 Å². The first kappa shape index (κ1) is 16.6. The molecule has 1 aromatic carbocycles. The Labute approximate surface area is 144 Å². The van der Waals surface area contributed by atoms with Crippen LogP contribution in [-0.4, -0.2) is 45.6 Å². The average molecular weight is 385 g/mol. The summed E-state index contributed by atoms with van der Waals surface area (Å²) in [5.74, 6) is 0.890. The highest BCUT2D eigenvalue weighted by atomic mass is 79.9. The van der Waals surface area contributed by atoms with Crippen LogP contribution in [0.2, 0.25) is 0 Å². The summed E-state index contributed by atoms with van der Waals surface area (Å²) >= 11 is 3.43. The Balaban J connectivity index is 1.53. The Morgan fingerprint density at radius 2 is 1.59 bits per heavy atom. The number of halogens is 1. The van der Waals surface area contributed by atoms with Gasteiger partial charge in [-0.25, -0.2) is 8.51 Å². The molecular formula is C17H25BrN2OS. The molecular weight excluding hydrogens is 360 g/mol. The summed E-state index contributed by atoms with van der Waals surface area (Å²) in [5.41, 5.74) is 0. The van der Waals surface area contributed by atoms with Crippen molar-refractivity contribution < 1.29 is 4.21 Å².